The molecule has 1 amide bonds. The van der Waals surface area contributed by atoms with Crippen LogP contribution in [0.1, 0.15) is 49.8 Å². The van der Waals surface area contributed by atoms with E-state index in [-0.39, 0.29) is 18.4 Å². The van der Waals surface area contributed by atoms with E-state index in [4.69, 9.17) is 0 Å². The normalized spacial score (nSPS) is 20.9. The van der Waals surface area contributed by atoms with Crippen molar-refractivity contribution >= 4 is 15.9 Å². The van der Waals surface area contributed by atoms with Crippen LogP contribution in [0.25, 0.3) is 0 Å². The molecule has 1 fully saturated rings. The number of fused-ring (bicyclic) bond motifs is 1. The highest BCUT2D eigenvalue weighted by Crippen LogP contribution is 2.30. The lowest BCUT2D eigenvalue weighted by Gasteiger charge is -2.32. The van der Waals surface area contributed by atoms with Gasteiger partial charge in [-0.2, -0.15) is 4.31 Å². The summed E-state index contributed by atoms with van der Waals surface area (Å²) < 4.78 is 29.8. The molecule has 0 bridgehead atoms. The number of aromatic nitrogens is 2. The van der Waals surface area contributed by atoms with E-state index in [0.29, 0.717) is 29.7 Å². The largest absolute Gasteiger partial charge is 0.342 e. The molecule has 0 N–H and O–H groups in total. The number of imidazole rings is 1. The molecule has 3 heterocycles. The number of nitrogens with zero attached hydrogens (tertiary/aromatic N) is 4. The van der Waals surface area contributed by atoms with Crippen LogP contribution < -0.4 is 0 Å². The minimum atomic E-state index is -3.60. The first-order chi connectivity index (χ1) is 14.3. The van der Waals surface area contributed by atoms with E-state index in [2.05, 4.69) is 11.9 Å². The molecule has 0 saturated carbocycles. The van der Waals surface area contributed by atoms with E-state index in [1.54, 1.807) is 12.1 Å². The lowest BCUT2D eigenvalue weighted by molar-refractivity contribution is -0.131. The highest BCUT2D eigenvalue weighted by atomic mass is 32.2. The Morgan fingerprint density at radius 2 is 1.73 bits per heavy atom. The summed E-state index contributed by atoms with van der Waals surface area (Å²) in [7, 11) is -3.60. The van der Waals surface area contributed by atoms with Gasteiger partial charge in [0.15, 0.2) is 0 Å². The number of likely N-dealkylation sites (tertiary alicyclic amines) is 1. The molecule has 1 aromatic heterocycles. The van der Waals surface area contributed by atoms with Crippen molar-refractivity contribution in [3.8, 4) is 0 Å². The number of hydrogen-bond acceptors (Lipinski definition) is 4. The van der Waals surface area contributed by atoms with Crippen molar-refractivity contribution in [3.63, 3.8) is 0 Å². The predicted molar refractivity (Wildman–Crippen MR) is 114 cm³/mol. The molecule has 8 heteroatoms. The summed E-state index contributed by atoms with van der Waals surface area (Å²) >= 11 is 0. The smallest absolute Gasteiger partial charge is 0.243 e. The standard InChI is InChI=1S/C22H30N4O3S/c1-16-4-6-20(7-5-16)30(28,29)26-13-12-25-15-19(23-22(25)18(26)3)14-21(27)24-10-8-17(2)9-11-24/h4-7,15,17-18H,8-14H2,1-3H3/t18-/m0/s1. The maximum absolute atomic E-state index is 13.2. The second-order valence-corrected chi connectivity index (χ2v) is 10.5. The monoisotopic (exact) mass is 430 g/mol. The van der Waals surface area contributed by atoms with Crippen LogP contribution in [0.3, 0.4) is 0 Å². The van der Waals surface area contributed by atoms with Gasteiger partial charge in [-0.05, 0) is 44.7 Å². The first-order valence-electron chi connectivity index (χ1n) is 10.7. The average Bonchev–Trinajstić information content (AvgIpc) is 3.12. The summed E-state index contributed by atoms with van der Waals surface area (Å²) in [6.45, 7) is 8.57. The van der Waals surface area contributed by atoms with Gasteiger partial charge >= 0.3 is 0 Å². The number of amides is 1. The summed E-state index contributed by atoms with van der Waals surface area (Å²) in [5.41, 5.74) is 1.74. The third-order valence-corrected chi connectivity index (χ3v) is 8.30. The molecule has 162 valence electrons. The molecule has 30 heavy (non-hydrogen) atoms. The molecular weight excluding hydrogens is 400 g/mol. The Morgan fingerprint density at radius 3 is 2.40 bits per heavy atom. The van der Waals surface area contributed by atoms with E-state index < -0.39 is 10.0 Å². The highest BCUT2D eigenvalue weighted by Gasteiger charge is 2.35. The van der Waals surface area contributed by atoms with Crippen LogP contribution in [0.2, 0.25) is 0 Å². The lowest BCUT2D eigenvalue weighted by atomic mass is 9.99. The maximum atomic E-state index is 13.2. The third kappa shape index (κ3) is 4.03. The number of aryl methyl sites for hydroxylation is 1. The molecular formula is C22H30N4O3S. The number of hydrogen-bond donors (Lipinski definition) is 0. The predicted octanol–water partition coefficient (Wildman–Crippen LogP) is 2.76. The molecule has 2 aromatic rings. The number of piperidine rings is 1. The van der Waals surface area contributed by atoms with Gasteiger partial charge in [-0.15, -0.1) is 0 Å². The molecule has 1 atom stereocenters. The molecule has 0 radical (unpaired) electrons. The number of benzene rings is 1. The van der Waals surface area contributed by atoms with E-state index in [0.717, 1.165) is 37.2 Å². The van der Waals surface area contributed by atoms with Crippen LogP contribution in [0.4, 0.5) is 0 Å². The second-order valence-electron chi connectivity index (χ2n) is 8.63. The van der Waals surface area contributed by atoms with Gasteiger partial charge in [0, 0.05) is 32.4 Å². The van der Waals surface area contributed by atoms with Gasteiger partial charge < -0.3 is 9.47 Å². The number of rotatable bonds is 4. The number of carbonyl (C=O) groups is 1. The van der Waals surface area contributed by atoms with Gasteiger partial charge in [0.25, 0.3) is 0 Å². The quantitative estimate of drug-likeness (QED) is 0.747. The van der Waals surface area contributed by atoms with E-state index in [9.17, 15) is 13.2 Å². The summed E-state index contributed by atoms with van der Waals surface area (Å²) in [4.78, 5) is 19.6. The van der Waals surface area contributed by atoms with Crippen molar-refractivity contribution in [1.82, 2.24) is 18.8 Å². The zero-order valence-corrected chi connectivity index (χ0v) is 18.7. The Bertz CT molecular complexity index is 1020. The van der Waals surface area contributed by atoms with Crippen LogP contribution in [0.15, 0.2) is 35.4 Å². The highest BCUT2D eigenvalue weighted by molar-refractivity contribution is 7.89. The van der Waals surface area contributed by atoms with E-state index in [1.165, 1.54) is 4.31 Å². The first-order valence-corrected chi connectivity index (χ1v) is 12.1. The molecule has 1 saturated heterocycles. The summed E-state index contributed by atoms with van der Waals surface area (Å²) in [5.74, 6) is 1.48. The van der Waals surface area contributed by atoms with Crippen LogP contribution in [0, 0.1) is 12.8 Å². The summed E-state index contributed by atoms with van der Waals surface area (Å²) in [5, 5.41) is 0. The van der Waals surface area contributed by atoms with Gasteiger partial charge in [0.1, 0.15) is 5.82 Å². The molecule has 2 aliphatic heterocycles. The fourth-order valence-corrected chi connectivity index (χ4v) is 5.89. The third-order valence-electron chi connectivity index (χ3n) is 6.32. The first kappa shape index (κ1) is 21.1. The molecule has 1 aromatic carbocycles. The summed E-state index contributed by atoms with van der Waals surface area (Å²) in [6.07, 6.45) is 4.28. The Morgan fingerprint density at radius 1 is 1.07 bits per heavy atom. The SMILES string of the molecule is Cc1ccc(S(=O)(=O)N2CCn3cc(CC(=O)N4CCC(C)CC4)nc3[C@@H]2C)cc1. The van der Waals surface area contributed by atoms with Gasteiger partial charge in [-0.3, -0.25) is 4.79 Å². The Kier molecular flexibility index (Phi) is 5.72. The van der Waals surface area contributed by atoms with Gasteiger partial charge in [0.05, 0.1) is 23.1 Å². The minimum absolute atomic E-state index is 0.106. The van der Waals surface area contributed by atoms with Gasteiger partial charge in [-0.1, -0.05) is 24.6 Å². The topological polar surface area (TPSA) is 75.5 Å². The zero-order chi connectivity index (χ0) is 21.5. The van der Waals surface area contributed by atoms with Crippen molar-refractivity contribution in [1.29, 1.82) is 0 Å². The van der Waals surface area contributed by atoms with Crippen molar-refractivity contribution in [2.24, 2.45) is 5.92 Å². The minimum Gasteiger partial charge on any atom is -0.342 e. The van der Waals surface area contributed by atoms with E-state index in [1.807, 2.05) is 41.6 Å². The summed E-state index contributed by atoms with van der Waals surface area (Å²) in [6, 6.07) is 6.55. The lowest BCUT2D eigenvalue weighted by Crippen LogP contribution is -2.41. The maximum Gasteiger partial charge on any atom is 0.243 e. The Labute approximate surface area is 178 Å². The molecule has 0 aliphatic carbocycles. The number of sulfonamides is 1. The van der Waals surface area contributed by atoms with Crippen LogP contribution in [-0.4, -0.2) is 52.7 Å². The van der Waals surface area contributed by atoms with Crippen molar-refractivity contribution < 1.29 is 13.2 Å². The number of carbonyl (C=O) groups excluding carboxylic acids is 1. The zero-order valence-electron chi connectivity index (χ0n) is 17.9. The molecule has 4 rings (SSSR count). The van der Waals surface area contributed by atoms with Crippen LogP contribution >= 0.6 is 0 Å². The molecule has 2 aliphatic rings. The Balaban J connectivity index is 1.50. The van der Waals surface area contributed by atoms with Gasteiger partial charge in [0.2, 0.25) is 15.9 Å². The van der Waals surface area contributed by atoms with Crippen LogP contribution in [-0.2, 0) is 27.8 Å². The Hall–Kier alpha value is -2.19. The average molecular weight is 431 g/mol. The van der Waals surface area contributed by atoms with Crippen LogP contribution in [0.5, 0.6) is 0 Å². The van der Waals surface area contributed by atoms with Crippen molar-refractivity contribution in [3.05, 3.63) is 47.5 Å². The van der Waals surface area contributed by atoms with Crippen molar-refractivity contribution in [2.75, 3.05) is 19.6 Å². The van der Waals surface area contributed by atoms with Crippen molar-refractivity contribution in [2.45, 2.75) is 57.5 Å². The van der Waals surface area contributed by atoms with E-state index >= 15 is 0 Å². The fourth-order valence-electron chi connectivity index (χ4n) is 4.31. The molecule has 0 spiro atoms. The second kappa shape index (κ2) is 8.15. The fraction of sp³-hybridized carbons (Fsp3) is 0.545. The molecule has 7 nitrogen and oxygen atoms in total. The van der Waals surface area contributed by atoms with Gasteiger partial charge in [-0.25, -0.2) is 13.4 Å². The molecule has 0 unspecified atom stereocenters.